The number of Topliss-reactive ketones (excluding diaryl/α,β-unsaturated/α-hetero) is 3. The molecule has 8 N–H and O–H groups in total. The smallest absolute Gasteiger partial charge is 0.354 e. The average Bonchev–Trinajstić information content (AvgIpc) is 3.88. The zero-order chi connectivity index (χ0) is 60.7. The summed E-state index contributed by atoms with van der Waals surface area (Å²) in [5.41, 5.74) is 5.72. The van der Waals surface area contributed by atoms with Gasteiger partial charge in [0.1, 0.15) is 54.8 Å². The number of aliphatic hydroxyl groups excluding tert-OH is 5. The molecule has 1 aromatic rings. The fourth-order valence-electron chi connectivity index (χ4n) is 11.8. The maximum atomic E-state index is 14.4. The molecule has 1 aliphatic carbocycles. The third-order valence-corrected chi connectivity index (χ3v) is 17.0. The third-order valence-electron chi connectivity index (χ3n) is 17.0. The number of hydrogen-bond acceptors (Lipinski definition) is 21. The van der Waals surface area contributed by atoms with Gasteiger partial charge < -0.3 is 69.7 Å². The molecular formula is C59H91N5O18. The lowest BCUT2D eigenvalue weighted by Crippen LogP contribution is -2.61. The number of amides is 1. The highest BCUT2D eigenvalue weighted by molar-refractivity contribution is 6.39. The Morgan fingerprint density at radius 1 is 0.854 bits per heavy atom. The van der Waals surface area contributed by atoms with E-state index in [1.54, 1.807) is 41.1 Å². The van der Waals surface area contributed by atoms with E-state index in [1.807, 2.05) is 58.1 Å². The molecule has 0 aromatic carbocycles. The highest BCUT2D eigenvalue weighted by Gasteiger charge is 2.53. The van der Waals surface area contributed by atoms with Crippen molar-refractivity contribution in [1.29, 1.82) is 0 Å². The second kappa shape index (κ2) is 31.3. The summed E-state index contributed by atoms with van der Waals surface area (Å²) in [6, 6.07) is -1.14. The summed E-state index contributed by atoms with van der Waals surface area (Å²) >= 11 is 0. The number of ketones is 3. The second-order valence-electron chi connectivity index (χ2n) is 23.2. The van der Waals surface area contributed by atoms with Crippen molar-refractivity contribution in [3.05, 3.63) is 64.4 Å². The molecule has 460 valence electrons. The number of aliphatic hydroxyl groups is 6. The van der Waals surface area contributed by atoms with Crippen molar-refractivity contribution < 1.29 is 83.0 Å². The molecule has 23 nitrogen and oxygen atoms in total. The summed E-state index contributed by atoms with van der Waals surface area (Å²) in [4.78, 5) is 90.2. The van der Waals surface area contributed by atoms with Gasteiger partial charge in [0.2, 0.25) is 11.7 Å². The van der Waals surface area contributed by atoms with Crippen LogP contribution in [0.4, 0.5) is 5.95 Å². The summed E-state index contributed by atoms with van der Waals surface area (Å²) in [5.74, 6) is -8.16. The molecule has 0 spiro atoms. The first kappa shape index (κ1) is 67.9. The van der Waals surface area contributed by atoms with E-state index in [1.165, 1.54) is 12.0 Å². The van der Waals surface area contributed by atoms with E-state index in [-0.39, 0.29) is 60.8 Å². The number of fused-ring (bicyclic) bond motifs is 3. The van der Waals surface area contributed by atoms with Gasteiger partial charge in [-0.15, -0.1) is 0 Å². The Labute approximate surface area is 480 Å². The molecule has 1 amide bonds. The lowest BCUT2D eigenvalue weighted by molar-refractivity contribution is -0.265. The number of nitrogens with zero attached hydrogens (tertiary/aromatic N) is 4. The topological polar surface area (TPSA) is 339 Å². The number of rotatable bonds is 8. The van der Waals surface area contributed by atoms with Crippen molar-refractivity contribution in [3.8, 4) is 0 Å². The van der Waals surface area contributed by atoms with Gasteiger partial charge in [0.25, 0.3) is 11.7 Å². The van der Waals surface area contributed by atoms with Crippen LogP contribution in [0.25, 0.3) is 0 Å². The molecule has 19 atom stereocenters. The summed E-state index contributed by atoms with van der Waals surface area (Å²) in [6.45, 7) is 12.3. The van der Waals surface area contributed by atoms with E-state index in [4.69, 9.17) is 39.3 Å². The highest BCUT2D eigenvalue weighted by atomic mass is 16.6. The lowest BCUT2D eigenvalue weighted by atomic mass is 9.78. The number of hydrogen-bond donors (Lipinski definition) is 7. The maximum Gasteiger partial charge on any atom is 0.354 e. The van der Waals surface area contributed by atoms with Gasteiger partial charge in [0.05, 0.1) is 31.0 Å². The minimum atomic E-state index is -2.43. The van der Waals surface area contributed by atoms with Gasteiger partial charge in [-0.25, -0.2) is 14.6 Å². The maximum absolute atomic E-state index is 14.4. The van der Waals surface area contributed by atoms with Crippen LogP contribution in [0.3, 0.4) is 0 Å². The Balaban J connectivity index is 0.000000613. The molecule has 5 heterocycles. The Kier molecular flexibility index (Phi) is 25.9. The number of anilines is 1. The lowest BCUT2D eigenvalue weighted by Gasteiger charge is -2.42. The van der Waals surface area contributed by atoms with Crippen LogP contribution in [0.2, 0.25) is 0 Å². The number of ether oxygens (including phenoxy) is 6. The predicted molar refractivity (Wildman–Crippen MR) is 299 cm³/mol. The summed E-state index contributed by atoms with van der Waals surface area (Å²) in [7, 11) is 4.52. The van der Waals surface area contributed by atoms with E-state index in [2.05, 4.69) is 9.97 Å². The van der Waals surface area contributed by atoms with Gasteiger partial charge in [0, 0.05) is 58.5 Å². The second-order valence-corrected chi connectivity index (χ2v) is 23.2. The molecule has 23 heteroatoms. The summed E-state index contributed by atoms with van der Waals surface area (Å²) in [6.07, 6.45) is 7.51. The van der Waals surface area contributed by atoms with E-state index in [9.17, 15) is 54.3 Å². The zero-order valence-electron chi connectivity index (χ0n) is 49.3. The molecule has 3 saturated heterocycles. The zero-order valence-corrected chi connectivity index (χ0v) is 49.3. The van der Waals surface area contributed by atoms with Gasteiger partial charge in [-0.3, -0.25) is 23.7 Å². The number of allylic oxidation sites excluding steroid dienone is 6. The molecule has 4 fully saturated rings. The van der Waals surface area contributed by atoms with E-state index < -0.39 is 121 Å². The van der Waals surface area contributed by atoms with Crippen LogP contribution in [0.5, 0.6) is 0 Å². The van der Waals surface area contributed by atoms with Gasteiger partial charge >= 0.3 is 11.7 Å². The Hall–Kier alpha value is -4.92. The number of methoxy groups -OCH3 is 3. The number of piperidine rings is 1. The number of carbonyl (C=O) groups excluding carboxylic acids is 5. The first-order valence-electron chi connectivity index (χ1n) is 28.8. The first-order valence-corrected chi connectivity index (χ1v) is 28.8. The molecule has 1 aromatic heterocycles. The third kappa shape index (κ3) is 17.4. The predicted octanol–water partition coefficient (Wildman–Crippen LogP) is 3.01. The number of carbonyl (C=O) groups is 5. The molecule has 0 unspecified atom stereocenters. The minimum absolute atomic E-state index is 0.0193. The molecule has 6 rings (SSSR count). The van der Waals surface area contributed by atoms with Crippen molar-refractivity contribution in [2.75, 3.05) is 40.2 Å². The average molecular weight is 1160 g/mol. The largest absolute Gasteiger partial charge is 0.460 e. The van der Waals surface area contributed by atoms with Gasteiger partial charge in [-0.05, 0) is 107 Å². The molecule has 2 bridgehead atoms. The molecule has 5 aliphatic rings. The van der Waals surface area contributed by atoms with Crippen LogP contribution in [0, 0.1) is 35.5 Å². The first-order chi connectivity index (χ1) is 38.8. The van der Waals surface area contributed by atoms with Crippen LogP contribution < -0.4 is 11.4 Å². The normalized spacial score (nSPS) is 37.8. The van der Waals surface area contributed by atoms with Gasteiger partial charge in [0.15, 0.2) is 12.0 Å². The molecule has 82 heavy (non-hydrogen) atoms. The minimum Gasteiger partial charge on any atom is -0.460 e. The number of esters is 1. The SMILES string of the molecule is CO[C@H]1C[C@@H]2CC[C@@H](C)[C@@](O)(O2)C(=O)C(=O)N2CCCC[C@H]2C(=O)O[C@H]([C@H](C)C[C@@H]2CC[C@@H](O)[C@H](OC)C2)CC(=O)[C@H](C)/C=C(\C)[C@@H](O)[C@@H](OC)C(=O)[C@H](C)C[C@H](C)/C=C/C=CC=C1C.Nc1ncn([C@@H]2O[C@H](CO)[C@@H](O)[C@H]2O)c(=O)n1. The Morgan fingerprint density at radius 2 is 1.57 bits per heavy atom. The number of aromatic nitrogens is 3. The quantitative estimate of drug-likeness (QED) is 0.112. The van der Waals surface area contributed by atoms with Crippen molar-refractivity contribution in [2.45, 2.75) is 205 Å². The van der Waals surface area contributed by atoms with Crippen LogP contribution in [-0.2, 0) is 52.4 Å². The number of cyclic esters (lactones) is 1. The molecule has 1 saturated carbocycles. The molecule has 4 aliphatic heterocycles. The van der Waals surface area contributed by atoms with Crippen molar-refractivity contribution in [3.63, 3.8) is 0 Å². The fourth-order valence-corrected chi connectivity index (χ4v) is 11.8. The van der Waals surface area contributed by atoms with Crippen molar-refractivity contribution >= 4 is 35.2 Å². The van der Waals surface area contributed by atoms with Crippen molar-refractivity contribution in [2.24, 2.45) is 35.5 Å². The van der Waals surface area contributed by atoms with Crippen LogP contribution in [0.15, 0.2) is 58.7 Å². The van der Waals surface area contributed by atoms with E-state index >= 15 is 0 Å². The summed E-state index contributed by atoms with van der Waals surface area (Å²) in [5, 5.41) is 61.9. The standard InChI is InChI=1S/C51H79NO13.C8H12N4O5/c1-30-16-12-11-13-17-31(2)42(61-8)28-38-21-19-36(7)51(60,65-38)48(57)49(58)52-23-15-14-18-39(52)50(59)64-43(33(4)26-37-20-22-40(53)44(27-37)62-9)29-41(54)32(3)25-35(6)46(56)47(63-10)45(55)34(5)24-30;9-7-10-2-12(8(16)11-7)6-5(15)4(14)3(1-13)17-6/h11-13,16-17,25,30,32-34,36-40,42-44,46-47,53,56,60H,14-15,18-24,26-29H2,1-10H3;2-6,13-15H,1H2,(H2,9,11,16)/b13-11?,16-12+,31-17?,35-25+;/t30-,32-,33-,34-,36-,37+,38+,39+,40-,42+,43+,44-,46-,47+,51-;3-,4-,5-,6-/m11/s1. The highest BCUT2D eigenvalue weighted by Crippen LogP contribution is 2.38. The number of nitrogens with two attached hydrogens (primary N) is 1. The van der Waals surface area contributed by atoms with Gasteiger partial charge in [-0.2, -0.15) is 4.98 Å². The van der Waals surface area contributed by atoms with E-state index in [0.29, 0.717) is 63.4 Å². The van der Waals surface area contributed by atoms with Crippen LogP contribution in [0.1, 0.15) is 132 Å². The Morgan fingerprint density at radius 3 is 2.22 bits per heavy atom. The fraction of sp³-hybridized carbons (Fsp3) is 0.729. The van der Waals surface area contributed by atoms with Crippen molar-refractivity contribution in [1.82, 2.24) is 19.4 Å². The van der Waals surface area contributed by atoms with E-state index in [0.717, 1.165) is 22.9 Å². The Bertz CT molecular complexity index is 2500. The monoisotopic (exact) mass is 1160 g/mol. The summed E-state index contributed by atoms with van der Waals surface area (Å²) < 4.78 is 35.4. The van der Waals surface area contributed by atoms with Crippen LogP contribution in [-0.4, -0.2) is 187 Å². The van der Waals surface area contributed by atoms with Crippen LogP contribution >= 0.6 is 0 Å². The van der Waals surface area contributed by atoms with Gasteiger partial charge in [-0.1, -0.05) is 71.1 Å². The molecule has 0 radical (unpaired) electrons. The number of nitrogen functional groups attached to an aromatic ring is 1. The molecular weight excluding hydrogens is 1070 g/mol.